The van der Waals surface area contributed by atoms with Crippen LogP contribution >= 0.6 is 0 Å². The molecule has 0 atom stereocenters. The van der Waals surface area contributed by atoms with Crippen molar-refractivity contribution in [1.29, 1.82) is 0 Å². The summed E-state index contributed by atoms with van der Waals surface area (Å²) in [5.74, 6) is -0.0288. The Morgan fingerprint density at radius 2 is 1.81 bits per heavy atom. The van der Waals surface area contributed by atoms with Gasteiger partial charge in [0.1, 0.15) is 0 Å². The normalized spacial score (nSPS) is 14.6. The van der Waals surface area contributed by atoms with Crippen LogP contribution in [-0.4, -0.2) is 65.4 Å². The minimum Gasteiger partial charge on any atom is -0.379 e. The van der Waals surface area contributed by atoms with Crippen molar-refractivity contribution < 1.29 is 9.53 Å². The molecule has 1 aliphatic heterocycles. The van der Waals surface area contributed by atoms with Gasteiger partial charge in [-0.1, -0.05) is 30.3 Å². The molecule has 3 aromatic rings. The summed E-state index contributed by atoms with van der Waals surface area (Å²) in [6, 6.07) is 18.1. The number of hydrogen-bond acceptors (Lipinski definition) is 5. The Morgan fingerprint density at radius 1 is 1.06 bits per heavy atom. The van der Waals surface area contributed by atoms with E-state index >= 15 is 0 Å². The molecule has 7 heteroatoms. The molecule has 0 spiro atoms. The summed E-state index contributed by atoms with van der Waals surface area (Å²) in [7, 11) is 1.94. The van der Waals surface area contributed by atoms with Gasteiger partial charge in [0, 0.05) is 43.6 Å². The number of hydrogen-bond donors (Lipinski definition) is 1. The number of anilines is 1. The van der Waals surface area contributed by atoms with E-state index in [1.54, 1.807) is 0 Å². The van der Waals surface area contributed by atoms with Gasteiger partial charge in [0.25, 0.3) is 0 Å². The number of morpholine rings is 1. The van der Waals surface area contributed by atoms with E-state index in [1.807, 2.05) is 71.5 Å². The van der Waals surface area contributed by atoms with Crippen LogP contribution in [0.5, 0.6) is 0 Å². The van der Waals surface area contributed by atoms with Gasteiger partial charge in [-0.2, -0.15) is 5.10 Å². The number of likely N-dealkylation sites (N-methyl/N-ethyl adjacent to an activating group) is 1. The third-order valence-electron chi connectivity index (χ3n) is 5.27. The molecule has 2 aromatic carbocycles. The minimum absolute atomic E-state index is 0.0288. The summed E-state index contributed by atoms with van der Waals surface area (Å²) in [5, 5.41) is 7.40. The Morgan fingerprint density at radius 3 is 2.55 bits per heavy atom. The van der Waals surface area contributed by atoms with Crippen molar-refractivity contribution in [3.63, 3.8) is 0 Å². The van der Waals surface area contributed by atoms with Crippen LogP contribution in [0, 0.1) is 0 Å². The average molecular weight is 420 g/mol. The summed E-state index contributed by atoms with van der Waals surface area (Å²) in [4.78, 5) is 16.8. The molecule has 1 N–H and O–H groups in total. The van der Waals surface area contributed by atoms with Gasteiger partial charge in [-0.25, -0.2) is 4.68 Å². The zero-order valence-electron chi connectivity index (χ0n) is 17.9. The molecular formula is C24H29N5O2. The molecule has 0 radical (unpaired) electrons. The van der Waals surface area contributed by atoms with Crippen molar-refractivity contribution in [2.75, 3.05) is 45.2 Å². The molecule has 1 saturated heterocycles. The first-order valence-electron chi connectivity index (χ1n) is 10.6. The van der Waals surface area contributed by atoms with E-state index in [-0.39, 0.29) is 5.91 Å². The van der Waals surface area contributed by atoms with Gasteiger partial charge in [-0.3, -0.25) is 14.6 Å². The molecule has 0 unspecified atom stereocenters. The van der Waals surface area contributed by atoms with E-state index in [2.05, 4.69) is 27.4 Å². The van der Waals surface area contributed by atoms with E-state index in [0.29, 0.717) is 13.1 Å². The largest absolute Gasteiger partial charge is 0.379 e. The smallest absolute Gasteiger partial charge is 0.238 e. The maximum atomic E-state index is 12.4. The summed E-state index contributed by atoms with van der Waals surface area (Å²) < 4.78 is 7.24. The maximum absolute atomic E-state index is 12.4. The molecule has 0 aliphatic carbocycles. The molecular weight excluding hydrogens is 390 g/mol. The van der Waals surface area contributed by atoms with Crippen molar-refractivity contribution in [1.82, 2.24) is 19.6 Å². The summed E-state index contributed by atoms with van der Waals surface area (Å²) >= 11 is 0. The SMILES string of the molecule is CN(CC(=O)Nc1ccc(CN2CCOCC2)cc1)Cc1cnn(-c2ccccc2)c1. The van der Waals surface area contributed by atoms with Gasteiger partial charge in [-0.05, 0) is 36.9 Å². The fourth-order valence-electron chi connectivity index (χ4n) is 3.69. The Labute approximate surface area is 183 Å². The van der Waals surface area contributed by atoms with Crippen molar-refractivity contribution in [2.45, 2.75) is 13.1 Å². The van der Waals surface area contributed by atoms with E-state index in [9.17, 15) is 4.79 Å². The number of nitrogens with zero attached hydrogens (tertiary/aromatic N) is 4. The average Bonchev–Trinajstić information content (AvgIpc) is 3.25. The van der Waals surface area contributed by atoms with Crippen LogP contribution < -0.4 is 5.32 Å². The first-order valence-corrected chi connectivity index (χ1v) is 10.6. The van der Waals surface area contributed by atoms with Crippen LogP contribution in [0.3, 0.4) is 0 Å². The summed E-state index contributed by atoms with van der Waals surface area (Å²) in [5.41, 5.74) is 4.14. The number of carbonyl (C=O) groups is 1. The number of ether oxygens (including phenoxy) is 1. The van der Waals surface area contributed by atoms with Crippen LogP contribution in [0.4, 0.5) is 5.69 Å². The van der Waals surface area contributed by atoms with Crippen molar-refractivity contribution in [2.24, 2.45) is 0 Å². The lowest BCUT2D eigenvalue weighted by molar-refractivity contribution is -0.117. The lowest BCUT2D eigenvalue weighted by Crippen LogP contribution is -2.35. The third-order valence-corrected chi connectivity index (χ3v) is 5.27. The molecule has 1 aromatic heterocycles. The quantitative estimate of drug-likeness (QED) is 0.608. The van der Waals surface area contributed by atoms with Gasteiger partial charge in [-0.15, -0.1) is 0 Å². The molecule has 7 nitrogen and oxygen atoms in total. The van der Waals surface area contributed by atoms with Crippen LogP contribution in [0.15, 0.2) is 67.0 Å². The van der Waals surface area contributed by atoms with Crippen LogP contribution in [0.2, 0.25) is 0 Å². The molecule has 0 bridgehead atoms. The van der Waals surface area contributed by atoms with Crippen LogP contribution in [-0.2, 0) is 22.6 Å². The molecule has 162 valence electrons. The fourth-order valence-corrected chi connectivity index (χ4v) is 3.69. The van der Waals surface area contributed by atoms with Crippen molar-refractivity contribution in [3.05, 3.63) is 78.1 Å². The molecule has 4 rings (SSSR count). The van der Waals surface area contributed by atoms with Crippen molar-refractivity contribution in [3.8, 4) is 5.69 Å². The number of aromatic nitrogens is 2. The standard InChI is InChI=1S/C24H29N5O2/c1-27(16-21-15-25-29(18-21)23-5-3-2-4-6-23)19-24(30)26-22-9-7-20(8-10-22)17-28-11-13-31-14-12-28/h2-10,15,18H,11-14,16-17,19H2,1H3,(H,26,30). The zero-order chi connectivity index (χ0) is 21.5. The topological polar surface area (TPSA) is 62.6 Å². The highest BCUT2D eigenvalue weighted by Crippen LogP contribution is 2.13. The Bertz CT molecular complexity index is 965. The lowest BCUT2D eigenvalue weighted by Gasteiger charge is -2.26. The van der Waals surface area contributed by atoms with E-state index in [4.69, 9.17) is 4.74 Å². The molecule has 1 amide bonds. The molecule has 31 heavy (non-hydrogen) atoms. The first kappa shape index (κ1) is 21.2. The van der Waals surface area contributed by atoms with Crippen LogP contribution in [0.25, 0.3) is 5.69 Å². The van der Waals surface area contributed by atoms with Crippen LogP contribution in [0.1, 0.15) is 11.1 Å². The lowest BCUT2D eigenvalue weighted by atomic mass is 10.2. The predicted molar refractivity (Wildman–Crippen MR) is 121 cm³/mol. The highest BCUT2D eigenvalue weighted by molar-refractivity contribution is 5.92. The number of nitrogens with one attached hydrogen (secondary N) is 1. The second-order valence-corrected chi connectivity index (χ2v) is 7.93. The van der Waals surface area contributed by atoms with Crippen molar-refractivity contribution >= 4 is 11.6 Å². The van der Waals surface area contributed by atoms with E-state index in [0.717, 1.165) is 49.8 Å². The fraction of sp³-hybridized carbons (Fsp3) is 0.333. The number of rotatable bonds is 8. The number of benzene rings is 2. The minimum atomic E-state index is -0.0288. The highest BCUT2D eigenvalue weighted by Gasteiger charge is 2.12. The number of amides is 1. The number of carbonyl (C=O) groups excluding carboxylic acids is 1. The highest BCUT2D eigenvalue weighted by atomic mass is 16.5. The summed E-state index contributed by atoms with van der Waals surface area (Å²) in [6.45, 7) is 5.41. The van der Waals surface area contributed by atoms with Gasteiger partial charge < -0.3 is 10.1 Å². The van der Waals surface area contributed by atoms with E-state index < -0.39 is 0 Å². The molecule has 1 aliphatic rings. The molecule has 0 saturated carbocycles. The monoisotopic (exact) mass is 419 g/mol. The molecule has 2 heterocycles. The first-order chi connectivity index (χ1) is 15.2. The van der Waals surface area contributed by atoms with Gasteiger partial charge in [0.2, 0.25) is 5.91 Å². The van der Waals surface area contributed by atoms with Gasteiger partial charge >= 0.3 is 0 Å². The Hall–Kier alpha value is -3.00. The van der Waals surface area contributed by atoms with Gasteiger partial charge in [0.15, 0.2) is 0 Å². The Balaban J connectivity index is 1.24. The molecule has 1 fully saturated rings. The van der Waals surface area contributed by atoms with E-state index in [1.165, 1.54) is 5.56 Å². The van der Waals surface area contributed by atoms with Gasteiger partial charge in [0.05, 0.1) is 31.6 Å². The number of para-hydroxylation sites is 1. The zero-order valence-corrected chi connectivity index (χ0v) is 17.9. The second-order valence-electron chi connectivity index (χ2n) is 7.93. The predicted octanol–water partition coefficient (Wildman–Crippen LogP) is 2.78. The summed E-state index contributed by atoms with van der Waals surface area (Å²) in [6.07, 6.45) is 3.84. The second kappa shape index (κ2) is 10.3. The Kier molecular flexibility index (Phi) is 7.09. The third kappa shape index (κ3) is 6.24. The maximum Gasteiger partial charge on any atom is 0.238 e.